The average molecular weight is 250 g/mol. The van der Waals surface area contributed by atoms with E-state index in [1.165, 1.54) is 51.6 Å². The second kappa shape index (κ2) is 6.21. The first-order chi connectivity index (χ1) is 8.65. The molecule has 0 aromatic heterocycles. The minimum Gasteiger partial charge on any atom is -0.308 e. The molecule has 104 valence electrons. The van der Waals surface area contributed by atoms with Crippen LogP contribution in [0.3, 0.4) is 0 Å². The van der Waals surface area contributed by atoms with Crippen LogP contribution < -0.4 is 5.32 Å². The maximum Gasteiger partial charge on any atom is 0.0309 e. The molecule has 1 N–H and O–H groups in total. The van der Waals surface area contributed by atoms with E-state index in [0.29, 0.717) is 11.6 Å². The standard InChI is InChI=1S/C16H30N2/c1-4-10-18-13-16(8-6-5-7-9-16)17-12-15(18)11-14(2)3/h4,14-15,17H,1,5-13H2,2-3H3. The molecule has 1 aliphatic carbocycles. The Morgan fingerprint density at radius 1 is 1.33 bits per heavy atom. The van der Waals surface area contributed by atoms with E-state index in [9.17, 15) is 0 Å². The van der Waals surface area contributed by atoms with E-state index in [-0.39, 0.29) is 0 Å². The molecule has 1 saturated heterocycles. The van der Waals surface area contributed by atoms with E-state index in [2.05, 4.69) is 36.7 Å². The lowest BCUT2D eigenvalue weighted by Crippen LogP contribution is -2.64. The molecule has 2 heteroatoms. The van der Waals surface area contributed by atoms with E-state index in [0.717, 1.165) is 12.5 Å². The topological polar surface area (TPSA) is 15.3 Å². The average Bonchev–Trinajstić information content (AvgIpc) is 2.34. The van der Waals surface area contributed by atoms with Crippen LogP contribution >= 0.6 is 0 Å². The smallest absolute Gasteiger partial charge is 0.0309 e. The van der Waals surface area contributed by atoms with Gasteiger partial charge in [0.25, 0.3) is 0 Å². The first kappa shape index (κ1) is 14.1. The van der Waals surface area contributed by atoms with Gasteiger partial charge in [-0.1, -0.05) is 39.2 Å². The van der Waals surface area contributed by atoms with Crippen molar-refractivity contribution in [3.05, 3.63) is 12.7 Å². The van der Waals surface area contributed by atoms with Crippen LogP contribution in [-0.4, -0.2) is 36.1 Å². The molecule has 1 spiro atoms. The summed E-state index contributed by atoms with van der Waals surface area (Å²) in [7, 11) is 0. The summed E-state index contributed by atoms with van der Waals surface area (Å²) in [6, 6.07) is 0.704. The summed E-state index contributed by atoms with van der Waals surface area (Å²) in [4.78, 5) is 2.68. The van der Waals surface area contributed by atoms with E-state index in [1.807, 2.05) is 0 Å². The van der Waals surface area contributed by atoms with Gasteiger partial charge < -0.3 is 5.32 Å². The second-order valence-corrected chi connectivity index (χ2v) is 6.72. The molecule has 2 fully saturated rings. The highest BCUT2D eigenvalue weighted by Gasteiger charge is 2.39. The van der Waals surface area contributed by atoms with Crippen molar-refractivity contribution < 1.29 is 0 Å². The first-order valence-corrected chi connectivity index (χ1v) is 7.75. The lowest BCUT2D eigenvalue weighted by Gasteiger charge is -2.50. The maximum absolute atomic E-state index is 3.94. The fourth-order valence-electron chi connectivity index (χ4n) is 3.76. The number of nitrogens with zero attached hydrogens (tertiary/aromatic N) is 1. The highest BCUT2D eigenvalue weighted by atomic mass is 15.2. The SMILES string of the molecule is C=CCN1CC2(CCCCC2)NCC1CC(C)C. The van der Waals surface area contributed by atoms with Crippen molar-refractivity contribution in [2.24, 2.45) is 5.92 Å². The van der Waals surface area contributed by atoms with Crippen LogP contribution in [-0.2, 0) is 0 Å². The van der Waals surface area contributed by atoms with Gasteiger partial charge >= 0.3 is 0 Å². The lowest BCUT2D eigenvalue weighted by molar-refractivity contribution is 0.0557. The summed E-state index contributed by atoms with van der Waals surface area (Å²) in [6.07, 6.45) is 10.4. The molecular weight excluding hydrogens is 220 g/mol. The van der Waals surface area contributed by atoms with E-state index < -0.39 is 0 Å². The lowest BCUT2D eigenvalue weighted by atomic mass is 9.79. The van der Waals surface area contributed by atoms with Gasteiger partial charge in [-0.2, -0.15) is 0 Å². The molecule has 1 aliphatic heterocycles. The van der Waals surface area contributed by atoms with Crippen molar-refractivity contribution in [1.29, 1.82) is 0 Å². The fourth-order valence-corrected chi connectivity index (χ4v) is 3.76. The highest BCUT2D eigenvalue weighted by molar-refractivity contribution is 5.00. The molecule has 2 rings (SSSR count). The summed E-state index contributed by atoms with van der Waals surface area (Å²) < 4.78 is 0. The molecule has 0 amide bonds. The van der Waals surface area contributed by atoms with Gasteiger partial charge in [-0.05, 0) is 25.2 Å². The summed E-state index contributed by atoms with van der Waals surface area (Å²) >= 11 is 0. The molecule has 2 aliphatic rings. The molecule has 1 unspecified atom stereocenters. The number of hydrogen-bond acceptors (Lipinski definition) is 2. The van der Waals surface area contributed by atoms with E-state index in [1.54, 1.807) is 0 Å². The van der Waals surface area contributed by atoms with Crippen molar-refractivity contribution in [2.75, 3.05) is 19.6 Å². The Labute approximate surface area is 113 Å². The van der Waals surface area contributed by atoms with Crippen molar-refractivity contribution in [3.63, 3.8) is 0 Å². The minimum atomic E-state index is 0.425. The van der Waals surface area contributed by atoms with E-state index >= 15 is 0 Å². The summed E-state index contributed by atoms with van der Waals surface area (Å²) in [5.74, 6) is 0.782. The predicted octanol–water partition coefficient (Wildman–Crippen LogP) is 3.20. The molecule has 2 nitrogen and oxygen atoms in total. The van der Waals surface area contributed by atoms with Crippen molar-refractivity contribution >= 4 is 0 Å². The third-order valence-corrected chi connectivity index (χ3v) is 4.65. The quantitative estimate of drug-likeness (QED) is 0.771. The fraction of sp³-hybridized carbons (Fsp3) is 0.875. The van der Waals surface area contributed by atoms with E-state index in [4.69, 9.17) is 0 Å². The van der Waals surface area contributed by atoms with Gasteiger partial charge in [0.05, 0.1) is 0 Å². The van der Waals surface area contributed by atoms with Crippen LogP contribution in [0.15, 0.2) is 12.7 Å². The first-order valence-electron chi connectivity index (χ1n) is 7.75. The summed E-state index contributed by atoms with van der Waals surface area (Å²) in [5, 5.41) is 3.90. The molecule has 18 heavy (non-hydrogen) atoms. The van der Waals surface area contributed by atoms with Crippen LogP contribution in [0.4, 0.5) is 0 Å². The predicted molar refractivity (Wildman–Crippen MR) is 78.8 cm³/mol. The number of nitrogens with one attached hydrogen (secondary N) is 1. The summed E-state index contributed by atoms with van der Waals surface area (Å²) in [6.45, 7) is 12.1. The molecule has 0 aromatic rings. The molecule has 0 radical (unpaired) electrons. The Bertz CT molecular complexity index is 266. The number of piperazine rings is 1. The zero-order valence-corrected chi connectivity index (χ0v) is 12.3. The van der Waals surface area contributed by atoms with Gasteiger partial charge in [-0.25, -0.2) is 0 Å². The summed E-state index contributed by atoms with van der Waals surface area (Å²) in [5.41, 5.74) is 0.425. The van der Waals surface area contributed by atoms with Crippen molar-refractivity contribution in [2.45, 2.75) is 64.0 Å². The third-order valence-electron chi connectivity index (χ3n) is 4.65. The van der Waals surface area contributed by atoms with Gasteiger partial charge in [0.15, 0.2) is 0 Å². The molecule has 0 aromatic carbocycles. The van der Waals surface area contributed by atoms with Crippen molar-refractivity contribution in [3.8, 4) is 0 Å². The van der Waals surface area contributed by atoms with Crippen LogP contribution in [0.5, 0.6) is 0 Å². The molecule has 1 atom stereocenters. The van der Waals surface area contributed by atoms with Gasteiger partial charge in [0.2, 0.25) is 0 Å². The Kier molecular flexibility index (Phi) is 4.85. The molecular formula is C16H30N2. The number of rotatable bonds is 4. The monoisotopic (exact) mass is 250 g/mol. The Hall–Kier alpha value is -0.340. The Morgan fingerprint density at radius 2 is 2.06 bits per heavy atom. The van der Waals surface area contributed by atoms with Crippen LogP contribution in [0.1, 0.15) is 52.4 Å². The van der Waals surface area contributed by atoms with Crippen LogP contribution in [0, 0.1) is 5.92 Å². The van der Waals surface area contributed by atoms with Crippen LogP contribution in [0.25, 0.3) is 0 Å². The second-order valence-electron chi connectivity index (χ2n) is 6.72. The third kappa shape index (κ3) is 3.36. The molecule has 0 bridgehead atoms. The van der Waals surface area contributed by atoms with Gasteiger partial charge in [-0.15, -0.1) is 6.58 Å². The highest BCUT2D eigenvalue weighted by Crippen LogP contribution is 2.32. The van der Waals surface area contributed by atoms with Gasteiger partial charge in [-0.3, -0.25) is 4.90 Å². The van der Waals surface area contributed by atoms with Gasteiger partial charge in [0.1, 0.15) is 0 Å². The largest absolute Gasteiger partial charge is 0.308 e. The van der Waals surface area contributed by atoms with Crippen LogP contribution in [0.2, 0.25) is 0 Å². The maximum atomic E-state index is 3.94. The van der Waals surface area contributed by atoms with Crippen molar-refractivity contribution in [1.82, 2.24) is 10.2 Å². The number of hydrogen-bond donors (Lipinski definition) is 1. The molecule has 1 saturated carbocycles. The zero-order valence-electron chi connectivity index (χ0n) is 12.3. The Morgan fingerprint density at radius 3 is 2.67 bits per heavy atom. The minimum absolute atomic E-state index is 0.425. The van der Waals surface area contributed by atoms with Gasteiger partial charge in [0, 0.05) is 31.2 Å². The molecule has 1 heterocycles. The Balaban J connectivity index is 1.99. The zero-order chi connectivity index (χ0) is 13.0. The normalized spacial score (nSPS) is 28.7.